The van der Waals surface area contributed by atoms with Gasteiger partial charge in [-0.3, -0.25) is 0 Å². The highest BCUT2D eigenvalue weighted by Crippen LogP contribution is 2.27. The molecule has 0 fully saturated rings. The molecule has 1 aromatic heterocycles. The van der Waals surface area contributed by atoms with E-state index in [-0.39, 0.29) is 5.82 Å². The predicted octanol–water partition coefficient (Wildman–Crippen LogP) is 2.99. The molecule has 1 N–H and O–H groups in total. The molecule has 0 aliphatic heterocycles. The Hall–Kier alpha value is -1.30. The minimum atomic E-state index is -0.224. The van der Waals surface area contributed by atoms with E-state index in [0.29, 0.717) is 6.61 Å². The van der Waals surface area contributed by atoms with E-state index < -0.39 is 0 Å². The second-order valence-corrected chi connectivity index (χ2v) is 5.48. The Kier molecular flexibility index (Phi) is 5.01. The molecule has 2 aromatic rings. The SMILES string of the molecule is COCCNCc1nc(-c2ccc(F)cc2)c(C)s1. The van der Waals surface area contributed by atoms with E-state index >= 15 is 0 Å². The topological polar surface area (TPSA) is 34.1 Å². The lowest BCUT2D eigenvalue weighted by atomic mass is 10.1. The van der Waals surface area contributed by atoms with Gasteiger partial charge in [-0.25, -0.2) is 9.37 Å². The van der Waals surface area contributed by atoms with Crippen LogP contribution in [0.4, 0.5) is 4.39 Å². The normalized spacial score (nSPS) is 10.9. The van der Waals surface area contributed by atoms with Crippen LogP contribution in [0.2, 0.25) is 0 Å². The van der Waals surface area contributed by atoms with E-state index in [4.69, 9.17) is 4.74 Å². The van der Waals surface area contributed by atoms with Crippen LogP contribution >= 0.6 is 11.3 Å². The maximum atomic E-state index is 12.9. The smallest absolute Gasteiger partial charge is 0.123 e. The summed E-state index contributed by atoms with van der Waals surface area (Å²) in [4.78, 5) is 5.75. The van der Waals surface area contributed by atoms with Crippen molar-refractivity contribution in [3.8, 4) is 11.3 Å². The summed E-state index contributed by atoms with van der Waals surface area (Å²) in [7, 11) is 1.68. The molecular weight excluding hydrogens is 263 g/mol. The Balaban J connectivity index is 2.06. The summed E-state index contributed by atoms with van der Waals surface area (Å²) < 4.78 is 17.9. The minimum Gasteiger partial charge on any atom is -0.383 e. The van der Waals surface area contributed by atoms with Gasteiger partial charge in [0, 0.05) is 30.6 Å². The summed E-state index contributed by atoms with van der Waals surface area (Å²) in [6.45, 7) is 4.27. The fourth-order valence-corrected chi connectivity index (χ4v) is 2.70. The highest BCUT2D eigenvalue weighted by atomic mass is 32.1. The Morgan fingerprint density at radius 2 is 2.05 bits per heavy atom. The zero-order valence-corrected chi connectivity index (χ0v) is 11.9. The lowest BCUT2D eigenvalue weighted by Gasteiger charge is -2.00. The van der Waals surface area contributed by atoms with Gasteiger partial charge >= 0.3 is 0 Å². The first-order valence-electron chi connectivity index (χ1n) is 6.12. The molecule has 0 unspecified atom stereocenters. The number of aromatic nitrogens is 1. The second kappa shape index (κ2) is 6.75. The number of methoxy groups -OCH3 is 1. The van der Waals surface area contributed by atoms with Crippen molar-refractivity contribution >= 4 is 11.3 Å². The van der Waals surface area contributed by atoms with Crippen LogP contribution in [0.1, 0.15) is 9.88 Å². The van der Waals surface area contributed by atoms with Gasteiger partial charge in [0.15, 0.2) is 0 Å². The second-order valence-electron chi connectivity index (χ2n) is 4.19. The Morgan fingerprint density at radius 3 is 2.74 bits per heavy atom. The summed E-state index contributed by atoms with van der Waals surface area (Å²) in [6.07, 6.45) is 0. The molecule has 0 aliphatic carbocycles. The number of halogens is 1. The van der Waals surface area contributed by atoms with Gasteiger partial charge in [0.1, 0.15) is 10.8 Å². The van der Waals surface area contributed by atoms with Crippen molar-refractivity contribution in [3.63, 3.8) is 0 Å². The number of nitrogens with one attached hydrogen (secondary N) is 1. The van der Waals surface area contributed by atoms with Crippen molar-refractivity contribution < 1.29 is 9.13 Å². The predicted molar refractivity (Wildman–Crippen MR) is 75.8 cm³/mol. The first-order chi connectivity index (χ1) is 9.20. The van der Waals surface area contributed by atoms with Crippen molar-refractivity contribution in [3.05, 3.63) is 40.0 Å². The van der Waals surface area contributed by atoms with Gasteiger partial charge in [-0.15, -0.1) is 11.3 Å². The fraction of sp³-hybridized carbons (Fsp3) is 0.357. The molecule has 0 saturated heterocycles. The molecule has 19 heavy (non-hydrogen) atoms. The quantitative estimate of drug-likeness (QED) is 0.826. The molecule has 0 amide bonds. The molecule has 0 radical (unpaired) electrons. The van der Waals surface area contributed by atoms with Crippen molar-refractivity contribution in [1.29, 1.82) is 0 Å². The molecule has 0 spiro atoms. The Bertz CT molecular complexity index is 525. The summed E-state index contributed by atoms with van der Waals surface area (Å²) >= 11 is 1.66. The van der Waals surface area contributed by atoms with Gasteiger partial charge in [-0.1, -0.05) is 0 Å². The van der Waals surface area contributed by atoms with Gasteiger partial charge in [-0.05, 0) is 31.2 Å². The lowest BCUT2D eigenvalue weighted by molar-refractivity contribution is 0.199. The standard InChI is InChI=1S/C14H17FN2OS/c1-10-14(11-3-5-12(15)6-4-11)17-13(19-10)9-16-7-8-18-2/h3-6,16H,7-9H2,1-2H3. The monoisotopic (exact) mass is 280 g/mol. The maximum absolute atomic E-state index is 12.9. The zero-order chi connectivity index (χ0) is 13.7. The molecule has 102 valence electrons. The molecule has 1 aromatic carbocycles. The van der Waals surface area contributed by atoms with Crippen LogP contribution in [0.3, 0.4) is 0 Å². The number of thiazole rings is 1. The van der Waals surface area contributed by atoms with Crippen LogP contribution in [0.5, 0.6) is 0 Å². The van der Waals surface area contributed by atoms with Crippen molar-refractivity contribution in [1.82, 2.24) is 10.3 Å². The maximum Gasteiger partial charge on any atom is 0.123 e. The molecular formula is C14H17FN2OS. The van der Waals surface area contributed by atoms with Crippen molar-refractivity contribution in [2.45, 2.75) is 13.5 Å². The van der Waals surface area contributed by atoms with Crippen LogP contribution in [0, 0.1) is 12.7 Å². The largest absolute Gasteiger partial charge is 0.383 e. The Labute approximate surface area is 116 Å². The molecule has 0 atom stereocenters. The third-order valence-corrected chi connectivity index (χ3v) is 3.69. The van der Waals surface area contributed by atoms with E-state index in [1.54, 1.807) is 30.6 Å². The number of nitrogens with zero attached hydrogens (tertiary/aromatic N) is 1. The van der Waals surface area contributed by atoms with Crippen molar-refractivity contribution in [2.75, 3.05) is 20.3 Å². The third-order valence-electron chi connectivity index (χ3n) is 2.72. The lowest BCUT2D eigenvalue weighted by Crippen LogP contribution is -2.18. The average Bonchev–Trinajstić information content (AvgIpc) is 2.77. The molecule has 0 aliphatic rings. The van der Waals surface area contributed by atoms with E-state index in [2.05, 4.69) is 10.3 Å². The van der Waals surface area contributed by atoms with E-state index in [9.17, 15) is 4.39 Å². The van der Waals surface area contributed by atoms with E-state index in [1.165, 1.54) is 12.1 Å². The van der Waals surface area contributed by atoms with Crippen LogP contribution in [0.25, 0.3) is 11.3 Å². The molecule has 3 nitrogen and oxygen atoms in total. The third kappa shape index (κ3) is 3.83. The minimum absolute atomic E-state index is 0.224. The highest BCUT2D eigenvalue weighted by molar-refractivity contribution is 7.12. The molecule has 1 heterocycles. The van der Waals surface area contributed by atoms with E-state index in [1.807, 2.05) is 6.92 Å². The summed E-state index contributed by atoms with van der Waals surface area (Å²) in [5, 5.41) is 4.30. The highest BCUT2D eigenvalue weighted by Gasteiger charge is 2.09. The van der Waals surface area contributed by atoms with Crippen LogP contribution in [-0.4, -0.2) is 25.2 Å². The van der Waals surface area contributed by atoms with Crippen molar-refractivity contribution in [2.24, 2.45) is 0 Å². The van der Waals surface area contributed by atoms with E-state index in [0.717, 1.165) is 34.2 Å². The summed E-state index contributed by atoms with van der Waals surface area (Å²) in [6, 6.07) is 6.45. The van der Waals surface area contributed by atoms with Crippen LogP contribution < -0.4 is 5.32 Å². The molecule has 0 bridgehead atoms. The number of ether oxygens (including phenoxy) is 1. The zero-order valence-electron chi connectivity index (χ0n) is 11.1. The summed E-state index contributed by atoms with van der Waals surface area (Å²) in [5.74, 6) is -0.224. The number of rotatable bonds is 6. The number of benzene rings is 1. The average molecular weight is 280 g/mol. The number of hydrogen-bond donors (Lipinski definition) is 1. The number of hydrogen-bond acceptors (Lipinski definition) is 4. The fourth-order valence-electron chi connectivity index (χ4n) is 1.77. The first-order valence-corrected chi connectivity index (χ1v) is 6.94. The molecule has 5 heteroatoms. The molecule has 0 saturated carbocycles. The summed E-state index contributed by atoms with van der Waals surface area (Å²) in [5.41, 5.74) is 1.90. The first kappa shape index (κ1) is 14.1. The Morgan fingerprint density at radius 1 is 1.32 bits per heavy atom. The number of aryl methyl sites for hydroxylation is 1. The van der Waals surface area contributed by atoms with Gasteiger partial charge in [0.05, 0.1) is 12.3 Å². The van der Waals surface area contributed by atoms with Crippen LogP contribution in [0.15, 0.2) is 24.3 Å². The van der Waals surface area contributed by atoms with Gasteiger partial charge in [0.2, 0.25) is 0 Å². The van der Waals surface area contributed by atoms with Gasteiger partial charge in [0.25, 0.3) is 0 Å². The van der Waals surface area contributed by atoms with Gasteiger partial charge < -0.3 is 10.1 Å². The van der Waals surface area contributed by atoms with Gasteiger partial charge in [-0.2, -0.15) is 0 Å². The van der Waals surface area contributed by atoms with Crippen LogP contribution in [-0.2, 0) is 11.3 Å². The molecule has 2 rings (SSSR count).